The van der Waals surface area contributed by atoms with Crippen LogP contribution in [0.2, 0.25) is 0 Å². The lowest BCUT2D eigenvalue weighted by Gasteiger charge is -2.09. The van der Waals surface area contributed by atoms with E-state index in [9.17, 15) is 9.18 Å². The molecule has 0 aliphatic rings. The van der Waals surface area contributed by atoms with Crippen molar-refractivity contribution in [1.29, 1.82) is 5.26 Å². The van der Waals surface area contributed by atoms with Crippen molar-refractivity contribution < 1.29 is 9.18 Å². The fourth-order valence-corrected chi connectivity index (χ4v) is 3.77. The zero-order valence-corrected chi connectivity index (χ0v) is 17.9. The molecule has 4 aromatic rings. The number of nitriles is 1. The van der Waals surface area contributed by atoms with E-state index in [0.717, 1.165) is 11.4 Å². The number of anilines is 1. The molecule has 1 N–H and O–H groups in total. The van der Waals surface area contributed by atoms with Crippen LogP contribution in [0.25, 0.3) is 12.2 Å². The third-order valence-electron chi connectivity index (χ3n) is 4.74. The molecule has 0 aliphatic carbocycles. The Bertz CT molecular complexity index is 1330. The van der Waals surface area contributed by atoms with Gasteiger partial charge in [0, 0.05) is 30.0 Å². The van der Waals surface area contributed by atoms with Crippen LogP contribution in [0, 0.1) is 24.2 Å². The Morgan fingerprint density at radius 1 is 1.31 bits per heavy atom. The maximum atomic E-state index is 13.3. The van der Waals surface area contributed by atoms with Crippen LogP contribution >= 0.6 is 11.3 Å². The van der Waals surface area contributed by atoms with Crippen LogP contribution in [0.5, 0.6) is 0 Å². The minimum atomic E-state index is -0.559. The van der Waals surface area contributed by atoms with E-state index >= 15 is 0 Å². The summed E-state index contributed by atoms with van der Waals surface area (Å²) in [6.07, 6.45) is 8.41. The van der Waals surface area contributed by atoms with Gasteiger partial charge >= 0.3 is 0 Å². The molecule has 10 heteroatoms. The zero-order valence-electron chi connectivity index (χ0n) is 17.1. The number of rotatable bonds is 7. The highest BCUT2D eigenvalue weighted by molar-refractivity contribution is 7.14. The molecule has 0 fully saturated rings. The monoisotopic (exact) mass is 447 g/mol. The minimum Gasteiger partial charge on any atom is -0.339 e. The lowest BCUT2D eigenvalue weighted by atomic mass is 10.2. The number of pyridine rings is 1. The lowest BCUT2D eigenvalue weighted by molar-refractivity contribution is 0.101. The quantitative estimate of drug-likeness (QED) is 0.432. The van der Waals surface area contributed by atoms with E-state index in [2.05, 4.69) is 26.3 Å². The third-order valence-corrected chi connectivity index (χ3v) is 5.52. The number of imidazole rings is 1. The average Bonchev–Trinajstić information content (AvgIpc) is 3.49. The van der Waals surface area contributed by atoms with E-state index in [-0.39, 0.29) is 12.5 Å². The topological polar surface area (TPSA) is 101 Å². The molecular weight excluding hydrogens is 429 g/mol. The molecule has 1 amide bonds. The van der Waals surface area contributed by atoms with Crippen LogP contribution in [0.15, 0.2) is 48.4 Å². The van der Waals surface area contributed by atoms with Gasteiger partial charge in [-0.2, -0.15) is 9.65 Å². The van der Waals surface area contributed by atoms with Crippen molar-refractivity contribution in [2.24, 2.45) is 0 Å². The second kappa shape index (κ2) is 9.36. The summed E-state index contributed by atoms with van der Waals surface area (Å²) in [6.45, 7) is 2.49. The molecule has 0 aliphatic heterocycles. The Morgan fingerprint density at radius 3 is 3.00 bits per heavy atom. The summed E-state index contributed by atoms with van der Waals surface area (Å²) in [5.74, 6) is -0.864. The van der Waals surface area contributed by atoms with Gasteiger partial charge in [-0.05, 0) is 48.9 Å². The normalized spacial score (nSPS) is 11.0. The van der Waals surface area contributed by atoms with Gasteiger partial charge in [-0.3, -0.25) is 10.1 Å². The second-order valence-electron chi connectivity index (χ2n) is 6.87. The summed E-state index contributed by atoms with van der Waals surface area (Å²) >= 11 is 1.31. The summed E-state index contributed by atoms with van der Waals surface area (Å²) in [5.41, 5.74) is 3.47. The molecule has 0 aromatic carbocycles. The fourth-order valence-electron chi connectivity index (χ4n) is 3.10. The van der Waals surface area contributed by atoms with Gasteiger partial charge < -0.3 is 9.13 Å². The van der Waals surface area contributed by atoms with Crippen LogP contribution in [0.3, 0.4) is 0 Å². The van der Waals surface area contributed by atoms with Crippen LogP contribution in [0.4, 0.5) is 9.52 Å². The highest BCUT2D eigenvalue weighted by Crippen LogP contribution is 2.19. The highest BCUT2D eigenvalue weighted by atomic mass is 32.1. The number of amides is 1. The lowest BCUT2D eigenvalue weighted by Crippen LogP contribution is -2.17. The first-order valence-corrected chi connectivity index (χ1v) is 10.5. The third kappa shape index (κ3) is 4.79. The van der Waals surface area contributed by atoms with Gasteiger partial charge in [0.25, 0.3) is 5.91 Å². The van der Waals surface area contributed by atoms with Crippen LogP contribution < -0.4 is 5.32 Å². The van der Waals surface area contributed by atoms with Gasteiger partial charge in [-0.15, -0.1) is 11.3 Å². The molecular formula is C22H18FN7OS. The predicted molar refractivity (Wildman–Crippen MR) is 119 cm³/mol. The maximum Gasteiger partial charge on any atom is 0.274 e. The number of aromatic nitrogens is 5. The molecule has 0 saturated heterocycles. The zero-order chi connectivity index (χ0) is 22.5. The summed E-state index contributed by atoms with van der Waals surface area (Å²) in [4.78, 5) is 25.0. The highest BCUT2D eigenvalue weighted by Gasteiger charge is 2.13. The first kappa shape index (κ1) is 21.1. The molecule has 0 unspecified atom stereocenters. The van der Waals surface area contributed by atoms with Gasteiger partial charge in [0.1, 0.15) is 12.2 Å². The Labute approximate surface area is 187 Å². The number of hydrogen-bond acceptors (Lipinski definition) is 6. The van der Waals surface area contributed by atoms with Crippen molar-refractivity contribution in [1.82, 2.24) is 24.1 Å². The van der Waals surface area contributed by atoms with Gasteiger partial charge in [0.05, 0.1) is 23.8 Å². The predicted octanol–water partition coefficient (Wildman–Crippen LogP) is 3.98. The summed E-state index contributed by atoms with van der Waals surface area (Å²) in [5, 5.41) is 13.9. The van der Waals surface area contributed by atoms with Crippen LogP contribution in [-0.2, 0) is 13.1 Å². The Kier molecular flexibility index (Phi) is 6.19. The number of hydrogen-bond donors (Lipinski definition) is 1. The first-order chi connectivity index (χ1) is 15.5. The number of halogens is 1. The average molecular weight is 447 g/mol. The largest absolute Gasteiger partial charge is 0.339 e. The van der Waals surface area contributed by atoms with Crippen molar-refractivity contribution in [3.63, 3.8) is 0 Å². The molecule has 4 aromatic heterocycles. The molecule has 0 bridgehead atoms. The summed E-state index contributed by atoms with van der Waals surface area (Å²) < 4.78 is 16.8. The number of carbonyl (C=O) groups is 1. The van der Waals surface area contributed by atoms with Crippen molar-refractivity contribution >= 4 is 34.5 Å². The standard InChI is InChI=1S/C22H18FN7OS/c1-15-18(26-14-30(15)10-7-24)5-4-17-13-32-22(27-17)28-21(31)19-3-2-9-29(19)12-16-6-8-25-20(23)11-16/h2-6,8-9,11,13-14H,10,12H2,1H3,(H,27,28,31)/b5-4+. The SMILES string of the molecule is Cc1c(/C=C/c2csc(NC(=O)c3cccn3Cc3ccnc(F)c3)n2)ncn1CC#N. The Balaban J connectivity index is 1.43. The van der Waals surface area contributed by atoms with Crippen LogP contribution in [0.1, 0.15) is 33.1 Å². The van der Waals surface area contributed by atoms with E-state index in [1.807, 2.05) is 18.4 Å². The van der Waals surface area contributed by atoms with Crippen molar-refractivity contribution in [3.05, 3.63) is 82.7 Å². The van der Waals surface area contributed by atoms with E-state index in [1.165, 1.54) is 23.6 Å². The molecule has 0 saturated carbocycles. The minimum absolute atomic E-state index is 0.247. The number of carbonyl (C=O) groups excluding carboxylic acids is 1. The Morgan fingerprint density at radius 2 is 2.19 bits per heavy atom. The molecule has 8 nitrogen and oxygen atoms in total. The van der Waals surface area contributed by atoms with Gasteiger partial charge in [0.2, 0.25) is 5.95 Å². The van der Waals surface area contributed by atoms with Gasteiger partial charge in [-0.1, -0.05) is 0 Å². The smallest absolute Gasteiger partial charge is 0.274 e. The van der Waals surface area contributed by atoms with Crippen molar-refractivity contribution in [2.45, 2.75) is 20.0 Å². The number of thiazole rings is 1. The van der Waals surface area contributed by atoms with E-state index in [0.29, 0.717) is 28.6 Å². The molecule has 0 atom stereocenters. The molecule has 4 heterocycles. The molecule has 0 radical (unpaired) electrons. The molecule has 32 heavy (non-hydrogen) atoms. The second-order valence-corrected chi connectivity index (χ2v) is 7.73. The molecule has 160 valence electrons. The number of nitrogens with one attached hydrogen (secondary N) is 1. The van der Waals surface area contributed by atoms with E-state index in [1.54, 1.807) is 45.9 Å². The van der Waals surface area contributed by atoms with Gasteiger partial charge in [-0.25, -0.2) is 15.0 Å². The molecule has 4 rings (SSSR count). The Hall–Kier alpha value is -4.10. The maximum absolute atomic E-state index is 13.3. The van der Waals surface area contributed by atoms with Gasteiger partial charge in [0.15, 0.2) is 5.13 Å². The fraction of sp³-hybridized carbons (Fsp3) is 0.136. The van der Waals surface area contributed by atoms with E-state index in [4.69, 9.17) is 5.26 Å². The van der Waals surface area contributed by atoms with Crippen LogP contribution in [-0.4, -0.2) is 30.0 Å². The summed E-state index contributed by atoms with van der Waals surface area (Å²) in [6, 6.07) is 8.59. The van der Waals surface area contributed by atoms with Crippen molar-refractivity contribution in [3.8, 4) is 6.07 Å². The van der Waals surface area contributed by atoms with E-state index < -0.39 is 5.95 Å². The summed E-state index contributed by atoms with van der Waals surface area (Å²) in [7, 11) is 0. The molecule has 0 spiro atoms. The first-order valence-electron chi connectivity index (χ1n) is 9.62. The van der Waals surface area contributed by atoms with Crippen molar-refractivity contribution in [2.75, 3.05) is 5.32 Å². The number of nitrogens with zero attached hydrogens (tertiary/aromatic N) is 6.